The van der Waals surface area contributed by atoms with Crippen LogP contribution in [0.4, 0.5) is 0 Å². The molecule has 0 aliphatic carbocycles. The molecule has 0 aromatic rings. The van der Waals surface area contributed by atoms with Gasteiger partial charge in [0, 0.05) is 12.0 Å². The fraction of sp³-hybridized carbons (Fsp3) is 0.875. The van der Waals surface area contributed by atoms with Gasteiger partial charge in [-0.05, 0) is 19.3 Å². The average molecular weight is 157 g/mol. The Kier molecular flexibility index (Phi) is 2.29. The van der Waals surface area contributed by atoms with Crippen LogP contribution < -0.4 is 5.32 Å². The normalized spacial score (nSPS) is 22.8. The predicted molar refractivity (Wildman–Crippen MR) is 48.2 cm³/mol. The van der Waals surface area contributed by atoms with E-state index in [1.165, 1.54) is 19.3 Å². The van der Waals surface area contributed by atoms with Crippen LogP contribution in [-0.2, 0) is 0 Å². The van der Waals surface area contributed by atoms with Crippen molar-refractivity contribution in [2.24, 2.45) is 5.41 Å². The highest BCUT2D eigenvalue weighted by atomic mass is 32.1. The molecule has 1 heterocycles. The molecule has 0 spiro atoms. The number of nitrogens with one attached hydrogen (secondary N) is 1. The van der Waals surface area contributed by atoms with Gasteiger partial charge in [0.15, 0.2) is 0 Å². The first kappa shape index (κ1) is 7.99. The van der Waals surface area contributed by atoms with Gasteiger partial charge in [-0.3, -0.25) is 0 Å². The second kappa shape index (κ2) is 2.87. The van der Waals surface area contributed by atoms with Crippen molar-refractivity contribution in [2.45, 2.75) is 33.1 Å². The number of thiocarbonyl (C=S) groups is 1. The van der Waals surface area contributed by atoms with Crippen LogP contribution in [-0.4, -0.2) is 11.5 Å². The molecule has 2 heteroatoms. The third-order valence-corrected chi connectivity index (χ3v) is 3.30. The maximum Gasteiger partial charge on any atom is 0.0816 e. The lowest BCUT2D eigenvalue weighted by atomic mass is 9.82. The summed E-state index contributed by atoms with van der Waals surface area (Å²) >= 11 is 5.24. The monoisotopic (exact) mass is 157 g/mol. The van der Waals surface area contributed by atoms with Crippen LogP contribution in [0.2, 0.25) is 0 Å². The fourth-order valence-corrected chi connectivity index (χ4v) is 2.13. The lowest BCUT2D eigenvalue weighted by Gasteiger charge is -2.24. The SMILES string of the molecule is CCC1(CC)CCNC1=S. The van der Waals surface area contributed by atoms with Crippen molar-refractivity contribution in [3.05, 3.63) is 0 Å². The van der Waals surface area contributed by atoms with Gasteiger partial charge in [0.2, 0.25) is 0 Å². The zero-order valence-electron chi connectivity index (χ0n) is 6.74. The Morgan fingerprint density at radius 3 is 2.30 bits per heavy atom. The zero-order chi connectivity index (χ0) is 7.61. The van der Waals surface area contributed by atoms with Crippen LogP contribution in [0, 0.1) is 5.41 Å². The van der Waals surface area contributed by atoms with Gasteiger partial charge in [-0.15, -0.1) is 0 Å². The van der Waals surface area contributed by atoms with Gasteiger partial charge in [0.05, 0.1) is 4.99 Å². The van der Waals surface area contributed by atoms with Crippen LogP contribution in [0.5, 0.6) is 0 Å². The quantitative estimate of drug-likeness (QED) is 0.616. The van der Waals surface area contributed by atoms with Crippen LogP contribution >= 0.6 is 12.2 Å². The Morgan fingerprint density at radius 1 is 1.50 bits per heavy atom. The van der Waals surface area contributed by atoms with E-state index in [9.17, 15) is 0 Å². The summed E-state index contributed by atoms with van der Waals surface area (Å²) in [6.07, 6.45) is 3.61. The summed E-state index contributed by atoms with van der Waals surface area (Å²) in [6.45, 7) is 5.53. The first-order valence-electron chi connectivity index (χ1n) is 4.03. The molecule has 0 saturated carbocycles. The Bertz CT molecular complexity index is 138. The van der Waals surface area contributed by atoms with Crippen molar-refractivity contribution in [2.75, 3.05) is 6.54 Å². The van der Waals surface area contributed by atoms with Crippen molar-refractivity contribution in [3.8, 4) is 0 Å². The lowest BCUT2D eigenvalue weighted by molar-refractivity contribution is 0.396. The zero-order valence-corrected chi connectivity index (χ0v) is 7.55. The summed E-state index contributed by atoms with van der Waals surface area (Å²) in [6, 6.07) is 0. The molecule has 1 nitrogen and oxygen atoms in total. The van der Waals surface area contributed by atoms with Crippen molar-refractivity contribution < 1.29 is 0 Å². The van der Waals surface area contributed by atoms with Gasteiger partial charge in [-0.25, -0.2) is 0 Å². The van der Waals surface area contributed by atoms with Crippen LogP contribution in [0.15, 0.2) is 0 Å². The number of rotatable bonds is 2. The van der Waals surface area contributed by atoms with Gasteiger partial charge in [-0.1, -0.05) is 26.1 Å². The van der Waals surface area contributed by atoms with Gasteiger partial charge in [-0.2, -0.15) is 0 Å². The van der Waals surface area contributed by atoms with Crippen molar-refractivity contribution in [3.63, 3.8) is 0 Å². The molecule has 1 N–H and O–H groups in total. The Hall–Kier alpha value is -0.110. The summed E-state index contributed by atoms with van der Waals surface area (Å²) in [5, 5.41) is 3.24. The van der Waals surface area contributed by atoms with Crippen LogP contribution in [0.3, 0.4) is 0 Å². The largest absolute Gasteiger partial charge is 0.379 e. The molecule has 1 rings (SSSR count). The fourth-order valence-electron chi connectivity index (χ4n) is 1.64. The van der Waals surface area contributed by atoms with E-state index in [2.05, 4.69) is 19.2 Å². The standard InChI is InChI=1S/C8H15NS/c1-3-8(4-2)5-6-9-7(8)10/h3-6H2,1-2H3,(H,9,10). The topological polar surface area (TPSA) is 12.0 Å². The molecule has 0 radical (unpaired) electrons. The van der Waals surface area contributed by atoms with Crippen molar-refractivity contribution in [1.82, 2.24) is 5.32 Å². The van der Waals surface area contributed by atoms with E-state index in [0.29, 0.717) is 5.41 Å². The lowest BCUT2D eigenvalue weighted by Crippen LogP contribution is -2.27. The molecule has 1 saturated heterocycles. The Morgan fingerprint density at radius 2 is 2.10 bits per heavy atom. The molecule has 0 aromatic carbocycles. The van der Waals surface area contributed by atoms with E-state index in [0.717, 1.165) is 11.5 Å². The maximum absolute atomic E-state index is 5.24. The summed E-state index contributed by atoms with van der Waals surface area (Å²) in [7, 11) is 0. The molecule has 58 valence electrons. The number of hydrogen-bond acceptors (Lipinski definition) is 1. The minimum absolute atomic E-state index is 0.356. The summed E-state index contributed by atoms with van der Waals surface area (Å²) < 4.78 is 0. The van der Waals surface area contributed by atoms with E-state index in [4.69, 9.17) is 12.2 Å². The van der Waals surface area contributed by atoms with Crippen molar-refractivity contribution in [1.29, 1.82) is 0 Å². The highest BCUT2D eigenvalue weighted by molar-refractivity contribution is 7.80. The highest BCUT2D eigenvalue weighted by Gasteiger charge is 2.34. The molecule has 1 fully saturated rings. The molecule has 0 unspecified atom stereocenters. The smallest absolute Gasteiger partial charge is 0.0816 e. The van der Waals surface area contributed by atoms with E-state index < -0.39 is 0 Å². The third kappa shape index (κ3) is 1.05. The summed E-state index contributed by atoms with van der Waals surface area (Å²) in [5.74, 6) is 0. The molecular weight excluding hydrogens is 142 g/mol. The van der Waals surface area contributed by atoms with Gasteiger partial charge < -0.3 is 5.32 Å². The van der Waals surface area contributed by atoms with Gasteiger partial charge >= 0.3 is 0 Å². The van der Waals surface area contributed by atoms with Crippen LogP contribution in [0.1, 0.15) is 33.1 Å². The van der Waals surface area contributed by atoms with E-state index in [1.807, 2.05) is 0 Å². The van der Waals surface area contributed by atoms with Gasteiger partial charge in [0.1, 0.15) is 0 Å². The molecule has 0 amide bonds. The molecule has 1 aliphatic rings. The summed E-state index contributed by atoms with van der Waals surface area (Å²) in [5.41, 5.74) is 0.356. The Balaban J connectivity index is 2.71. The minimum atomic E-state index is 0.356. The first-order valence-corrected chi connectivity index (χ1v) is 4.44. The molecule has 1 aliphatic heterocycles. The second-order valence-electron chi connectivity index (χ2n) is 2.99. The predicted octanol–water partition coefficient (Wildman–Crippen LogP) is 2.11. The van der Waals surface area contributed by atoms with Gasteiger partial charge in [0.25, 0.3) is 0 Å². The molecular formula is C8H15NS. The number of hydrogen-bond donors (Lipinski definition) is 1. The highest BCUT2D eigenvalue weighted by Crippen LogP contribution is 2.34. The molecule has 0 aromatic heterocycles. The average Bonchev–Trinajstić information content (AvgIpc) is 2.32. The molecule has 10 heavy (non-hydrogen) atoms. The first-order chi connectivity index (χ1) is 4.75. The van der Waals surface area contributed by atoms with Crippen LogP contribution in [0.25, 0.3) is 0 Å². The third-order valence-electron chi connectivity index (χ3n) is 2.72. The Labute approximate surface area is 68.2 Å². The summed E-state index contributed by atoms with van der Waals surface area (Å²) in [4.78, 5) is 1.09. The van der Waals surface area contributed by atoms with Crippen molar-refractivity contribution >= 4 is 17.2 Å². The molecule has 0 bridgehead atoms. The van der Waals surface area contributed by atoms with E-state index in [1.54, 1.807) is 0 Å². The minimum Gasteiger partial charge on any atom is -0.379 e. The maximum atomic E-state index is 5.24. The second-order valence-corrected chi connectivity index (χ2v) is 3.40. The molecule has 0 atom stereocenters. The van der Waals surface area contributed by atoms with E-state index >= 15 is 0 Å². The van der Waals surface area contributed by atoms with E-state index in [-0.39, 0.29) is 0 Å².